The van der Waals surface area contributed by atoms with Gasteiger partial charge in [-0.15, -0.1) is 0 Å². The molecule has 0 aliphatic rings. The summed E-state index contributed by atoms with van der Waals surface area (Å²) in [5.74, 6) is 0.443. The Bertz CT molecular complexity index is 384. The smallest absolute Gasteiger partial charge is 0.391 e. The fourth-order valence-electron chi connectivity index (χ4n) is 1.66. The molecule has 1 atom stereocenters. The second-order valence-electron chi connectivity index (χ2n) is 4.05. The number of alkyl halides is 3. The molecule has 0 bridgehead atoms. The standard InChI is InChI=1S/C10H17F3N4/c1-4-7-8(14)9(17(3)16-7)15-6(2)5-10(11,12)13/h6,15H,4-5,14H2,1-3H3. The van der Waals surface area contributed by atoms with Gasteiger partial charge in [-0.25, -0.2) is 0 Å². The molecule has 1 aromatic heterocycles. The average Bonchev–Trinajstić information content (AvgIpc) is 2.42. The first-order valence-corrected chi connectivity index (χ1v) is 5.39. The van der Waals surface area contributed by atoms with Crippen LogP contribution in [0.15, 0.2) is 0 Å². The molecule has 0 spiro atoms. The van der Waals surface area contributed by atoms with Gasteiger partial charge in [0, 0.05) is 13.1 Å². The van der Waals surface area contributed by atoms with Gasteiger partial charge in [0.15, 0.2) is 0 Å². The third kappa shape index (κ3) is 3.54. The lowest BCUT2D eigenvalue weighted by atomic mass is 10.2. The summed E-state index contributed by atoms with van der Waals surface area (Å²) >= 11 is 0. The van der Waals surface area contributed by atoms with E-state index in [1.54, 1.807) is 7.05 Å². The van der Waals surface area contributed by atoms with E-state index < -0.39 is 18.6 Å². The van der Waals surface area contributed by atoms with E-state index in [1.165, 1.54) is 11.6 Å². The number of aryl methyl sites for hydroxylation is 2. The molecule has 3 N–H and O–H groups in total. The highest BCUT2D eigenvalue weighted by Gasteiger charge is 2.30. The lowest BCUT2D eigenvalue weighted by molar-refractivity contribution is -0.136. The second-order valence-corrected chi connectivity index (χ2v) is 4.05. The number of hydrogen-bond donors (Lipinski definition) is 2. The van der Waals surface area contributed by atoms with Crippen LogP contribution in [0.1, 0.15) is 26.0 Å². The highest BCUT2D eigenvalue weighted by molar-refractivity contribution is 5.65. The fourth-order valence-corrected chi connectivity index (χ4v) is 1.66. The molecule has 0 radical (unpaired) electrons. The van der Waals surface area contributed by atoms with Crippen LogP contribution in [0.4, 0.5) is 24.7 Å². The molecule has 0 aliphatic heterocycles. The molecular weight excluding hydrogens is 233 g/mol. The van der Waals surface area contributed by atoms with Crippen LogP contribution in [-0.2, 0) is 13.5 Å². The molecule has 0 aromatic carbocycles. The summed E-state index contributed by atoms with van der Waals surface area (Å²) in [7, 11) is 1.65. The number of anilines is 2. The summed E-state index contributed by atoms with van der Waals surface area (Å²) in [5.41, 5.74) is 6.91. The molecule has 1 heterocycles. The Labute approximate surface area is 98.0 Å². The first-order valence-electron chi connectivity index (χ1n) is 5.39. The second kappa shape index (κ2) is 4.85. The van der Waals surface area contributed by atoms with E-state index in [1.807, 2.05) is 6.92 Å². The van der Waals surface area contributed by atoms with E-state index in [9.17, 15) is 13.2 Å². The predicted octanol–water partition coefficient (Wildman–Crippen LogP) is 2.32. The number of nitrogens with one attached hydrogen (secondary N) is 1. The Kier molecular flexibility index (Phi) is 3.90. The van der Waals surface area contributed by atoms with Gasteiger partial charge in [-0.2, -0.15) is 18.3 Å². The molecule has 1 rings (SSSR count). The number of halogens is 3. The first kappa shape index (κ1) is 13.7. The van der Waals surface area contributed by atoms with Gasteiger partial charge in [0.2, 0.25) is 0 Å². The van der Waals surface area contributed by atoms with Gasteiger partial charge in [0.05, 0.1) is 17.8 Å². The Morgan fingerprint density at radius 1 is 1.47 bits per heavy atom. The summed E-state index contributed by atoms with van der Waals surface area (Å²) in [6.07, 6.45) is -4.44. The molecule has 0 saturated carbocycles. The Balaban J connectivity index is 2.78. The van der Waals surface area contributed by atoms with Crippen molar-refractivity contribution in [3.8, 4) is 0 Å². The summed E-state index contributed by atoms with van der Waals surface area (Å²) in [5, 5.41) is 6.87. The van der Waals surface area contributed by atoms with Gasteiger partial charge < -0.3 is 11.1 Å². The zero-order chi connectivity index (χ0) is 13.2. The van der Waals surface area contributed by atoms with Crippen LogP contribution >= 0.6 is 0 Å². The zero-order valence-corrected chi connectivity index (χ0v) is 10.1. The molecule has 7 heteroatoms. The Morgan fingerprint density at radius 2 is 2.06 bits per heavy atom. The van der Waals surface area contributed by atoms with Crippen molar-refractivity contribution in [1.82, 2.24) is 9.78 Å². The SMILES string of the molecule is CCc1nn(C)c(NC(C)CC(F)(F)F)c1N. The van der Waals surface area contributed by atoms with Gasteiger partial charge in [-0.3, -0.25) is 4.68 Å². The lowest BCUT2D eigenvalue weighted by Crippen LogP contribution is -2.25. The van der Waals surface area contributed by atoms with Crippen molar-refractivity contribution in [2.45, 2.75) is 38.9 Å². The van der Waals surface area contributed by atoms with Crippen LogP contribution in [-0.4, -0.2) is 22.0 Å². The van der Waals surface area contributed by atoms with Crippen molar-refractivity contribution < 1.29 is 13.2 Å². The maximum atomic E-state index is 12.2. The third-order valence-electron chi connectivity index (χ3n) is 2.42. The van der Waals surface area contributed by atoms with Gasteiger partial charge in [0.1, 0.15) is 5.82 Å². The van der Waals surface area contributed by atoms with E-state index in [2.05, 4.69) is 10.4 Å². The monoisotopic (exact) mass is 250 g/mol. The third-order valence-corrected chi connectivity index (χ3v) is 2.42. The highest BCUT2D eigenvalue weighted by Crippen LogP contribution is 2.27. The Morgan fingerprint density at radius 3 is 2.47 bits per heavy atom. The summed E-state index contributed by atoms with van der Waals surface area (Å²) < 4.78 is 38.0. The van der Waals surface area contributed by atoms with Gasteiger partial charge >= 0.3 is 6.18 Å². The molecule has 0 amide bonds. The topological polar surface area (TPSA) is 55.9 Å². The van der Waals surface area contributed by atoms with Crippen molar-refractivity contribution in [3.63, 3.8) is 0 Å². The average molecular weight is 250 g/mol. The van der Waals surface area contributed by atoms with Crippen molar-refractivity contribution in [1.29, 1.82) is 0 Å². The molecule has 0 saturated heterocycles. The van der Waals surface area contributed by atoms with Gasteiger partial charge in [0.25, 0.3) is 0 Å². The number of nitrogen functional groups attached to an aromatic ring is 1. The minimum absolute atomic E-state index is 0.420. The number of nitrogens with two attached hydrogens (primary N) is 1. The summed E-state index contributed by atoms with van der Waals surface area (Å²) in [6, 6.07) is -0.739. The number of aromatic nitrogens is 2. The molecule has 98 valence electrons. The molecule has 0 fully saturated rings. The minimum atomic E-state index is -4.19. The van der Waals surface area contributed by atoms with Crippen LogP contribution in [0.3, 0.4) is 0 Å². The Hall–Kier alpha value is -1.40. The first-order chi connectivity index (χ1) is 7.74. The molecule has 0 aliphatic carbocycles. The molecule has 1 unspecified atom stereocenters. The number of hydrogen-bond acceptors (Lipinski definition) is 3. The predicted molar refractivity (Wildman–Crippen MR) is 60.8 cm³/mol. The van der Waals surface area contributed by atoms with E-state index in [-0.39, 0.29) is 0 Å². The van der Waals surface area contributed by atoms with Crippen LogP contribution in [0.25, 0.3) is 0 Å². The highest BCUT2D eigenvalue weighted by atomic mass is 19.4. The van der Waals surface area contributed by atoms with Crippen molar-refractivity contribution in [3.05, 3.63) is 5.69 Å². The molecule has 17 heavy (non-hydrogen) atoms. The van der Waals surface area contributed by atoms with Crippen molar-refractivity contribution in [2.75, 3.05) is 11.1 Å². The quantitative estimate of drug-likeness (QED) is 0.862. The normalized spacial score (nSPS) is 13.8. The molecular formula is C10H17F3N4. The van der Waals surface area contributed by atoms with Crippen LogP contribution in [0, 0.1) is 0 Å². The van der Waals surface area contributed by atoms with E-state index in [4.69, 9.17) is 5.73 Å². The van der Waals surface area contributed by atoms with Gasteiger partial charge in [-0.05, 0) is 13.3 Å². The van der Waals surface area contributed by atoms with E-state index in [0.717, 1.165) is 0 Å². The molecule has 1 aromatic rings. The van der Waals surface area contributed by atoms with Crippen molar-refractivity contribution >= 4 is 11.5 Å². The van der Waals surface area contributed by atoms with Crippen molar-refractivity contribution in [2.24, 2.45) is 7.05 Å². The summed E-state index contributed by atoms with van der Waals surface area (Å²) in [6.45, 7) is 3.35. The zero-order valence-electron chi connectivity index (χ0n) is 10.1. The van der Waals surface area contributed by atoms with Crippen LogP contribution in [0.2, 0.25) is 0 Å². The maximum absolute atomic E-state index is 12.2. The molecule has 4 nitrogen and oxygen atoms in total. The summed E-state index contributed by atoms with van der Waals surface area (Å²) in [4.78, 5) is 0. The number of rotatable bonds is 4. The lowest BCUT2D eigenvalue weighted by Gasteiger charge is -2.17. The van der Waals surface area contributed by atoms with E-state index >= 15 is 0 Å². The number of nitrogens with zero attached hydrogens (tertiary/aromatic N) is 2. The van der Waals surface area contributed by atoms with Crippen LogP contribution < -0.4 is 11.1 Å². The van der Waals surface area contributed by atoms with Crippen LogP contribution in [0.5, 0.6) is 0 Å². The maximum Gasteiger partial charge on any atom is 0.391 e. The van der Waals surface area contributed by atoms with E-state index in [0.29, 0.717) is 23.6 Å². The van der Waals surface area contributed by atoms with Gasteiger partial charge in [-0.1, -0.05) is 6.92 Å². The minimum Gasteiger partial charge on any atom is -0.394 e. The largest absolute Gasteiger partial charge is 0.394 e. The fraction of sp³-hybridized carbons (Fsp3) is 0.700.